The lowest BCUT2D eigenvalue weighted by molar-refractivity contribution is -0.652. The first-order valence-electron chi connectivity index (χ1n) is 29.0. The Hall–Kier alpha value is -8.36. The molecule has 0 atom stereocenters. The highest BCUT2D eigenvalue weighted by Gasteiger charge is 2.40. The zero-order valence-corrected chi connectivity index (χ0v) is 49.1. The van der Waals surface area contributed by atoms with E-state index in [2.05, 4.69) is 245 Å². The summed E-state index contributed by atoms with van der Waals surface area (Å²) >= 11 is 0. The van der Waals surface area contributed by atoms with Crippen molar-refractivity contribution in [1.82, 2.24) is 18.3 Å². The third-order valence-electron chi connectivity index (χ3n) is 22.2. The van der Waals surface area contributed by atoms with Crippen molar-refractivity contribution < 1.29 is 18.3 Å². The molecule has 0 spiro atoms. The molecule has 0 amide bonds. The summed E-state index contributed by atoms with van der Waals surface area (Å²) in [4.78, 5) is 0. The molecular formula is C72H68N8+4. The Bertz CT molecular complexity index is 4130. The van der Waals surface area contributed by atoms with Crippen molar-refractivity contribution in [2.45, 2.75) is 79.1 Å². The Morgan fingerprint density at radius 2 is 0.400 bits per heavy atom. The van der Waals surface area contributed by atoms with Gasteiger partial charge in [0, 0.05) is 51.4 Å². The van der Waals surface area contributed by atoms with Crippen LogP contribution in [-0.2, 0) is 56.4 Å². The molecule has 8 aromatic carbocycles. The van der Waals surface area contributed by atoms with Gasteiger partial charge >= 0.3 is 0 Å². The molecule has 5 aliphatic carbocycles. The quantitative estimate of drug-likeness (QED) is 0.136. The van der Waals surface area contributed by atoms with Gasteiger partial charge in [-0.3, -0.25) is 0 Å². The van der Waals surface area contributed by atoms with Gasteiger partial charge in [0.2, 0.25) is 0 Å². The van der Waals surface area contributed by atoms with Gasteiger partial charge in [-0.1, -0.05) is 52.0 Å². The lowest BCUT2D eigenvalue weighted by atomic mass is 9.78. The van der Waals surface area contributed by atoms with Crippen LogP contribution in [0.15, 0.2) is 97.1 Å². The molecule has 0 N–H and O–H groups in total. The number of nitrogens with zero attached hydrogens (tertiary/aromatic N) is 8. The van der Waals surface area contributed by atoms with E-state index < -0.39 is 0 Å². The fourth-order valence-corrected chi connectivity index (χ4v) is 16.5. The van der Waals surface area contributed by atoms with Crippen molar-refractivity contribution in [3.05, 3.63) is 165 Å². The second-order valence-electron chi connectivity index (χ2n) is 25.2. The van der Waals surface area contributed by atoms with E-state index in [0.29, 0.717) is 0 Å². The molecule has 5 aliphatic rings. The first-order chi connectivity index (χ1) is 38.3. The molecule has 17 rings (SSSR count). The summed E-state index contributed by atoms with van der Waals surface area (Å²) in [5, 5.41) is 0. The van der Waals surface area contributed by atoms with Crippen LogP contribution in [-0.4, -0.2) is 18.3 Å². The number of hydrogen-bond acceptors (Lipinski definition) is 0. The molecule has 0 saturated heterocycles. The van der Waals surface area contributed by atoms with E-state index >= 15 is 0 Å². The molecule has 8 heteroatoms. The fraction of sp³-hybridized carbons (Fsp3) is 0.278. The Labute approximate surface area is 467 Å². The zero-order chi connectivity index (χ0) is 55.0. The van der Waals surface area contributed by atoms with Crippen LogP contribution in [0.2, 0.25) is 0 Å². The minimum absolute atomic E-state index is 0.0963. The lowest BCUT2D eigenvalue weighted by Gasteiger charge is -2.26. The van der Waals surface area contributed by atoms with Crippen molar-refractivity contribution in [3.8, 4) is 89.0 Å². The van der Waals surface area contributed by atoms with E-state index in [1.165, 1.54) is 201 Å². The van der Waals surface area contributed by atoms with Gasteiger partial charge in [0.05, 0.1) is 56.4 Å². The van der Waals surface area contributed by atoms with Crippen LogP contribution in [0, 0.1) is 27.7 Å². The van der Waals surface area contributed by atoms with Gasteiger partial charge < -0.3 is 0 Å². The van der Waals surface area contributed by atoms with Gasteiger partial charge in [0.1, 0.15) is 0 Å². The van der Waals surface area contributed by atoms with Crippen molar-refractivity contribution in [1.29, 1.82) is 0 Å². The molecule has 0 aliphatic heterocycles. The number of aryl methyl sites for hydroxylation is 8. The largest absolute Gasteiger partial charge is 0.253 e. The standard InChI is InChI=1S/C72H68N8/c1-33-41-17-43-34(2)45-19-47-36(4)48-20-46-35(3)44-18-42(33)50-22-52(44)60-28-68-70(78(14)39(7)76(68)12)30-62(60)54(46)24-56(48)64-32-72-71(79(15)40(8)80(72)16)31-63(64)55(47)23-53(45)61-29-69-67(75(11)38(6)77(69)13)27-59(61)51(43)21-49(41)57-25-65-66(26-58(50)57)74(10)37(5)73(65)9/h17-36H,1-16H3/q+4. The van der Waals surface area contributed by atoms with Crippen LogP contribution in [0.1, 0.15) is 119 Å². The normalized spacial score (nSPS) is 17.5. The molecule has 80 heavy (non-hydrogen) atoms. The monoisotopic (exact) mass is 1040 g/mol. The second kappa shape index (κ2) is 14.9. The molecule has 0 saturated carbocycles. The third-order valence-corrected chi connectivity index (χ3v) is 22.2. The molecule has 8 bridgehead atoms. The highest BCUT2D eigenvalue weighted by Crippen LogP contribution is 2.59. The van der Waals surface area contributed by atoms with Crippen molar-refractivity contribution >= 4 is 44.1 Å². The van der Waals surface area contributed by atoms with Crippen LogP contribution < -0.4 is 18.3 Å². The molecule has 4 aromatic heterocycles. The molecule has 4 heterocycles. The van der Waals surface area contributed by atoms with Crippen LogP contribution in [0.5, 0.6) is 0 Å². The number of hydrogen-bond donors (Lipinski definition) is 0. The Balaban J connectivity index is 1.12. The number of aromatic nitrogens is 8. The fourth-order valence-electron chi connectivity index (χ4n) is 16.5. The molecule has 0 fully saturated rings. The van der Waals surface area contributed by atoms with E-state index in [0.717, 1.165) is 0 Å². The second-order valence-corrected chi connectivity index (χ2v) is 25.2. The van der Waals surface area contributed by atoms with E-state index in [-0.39, 0.29) is 23.7 Å². The van der Waals surface area contributed by atoms with Gasteiger partial charge in [-0.05, 0) is 206 Å². The molecule has 8 nitrogen and oxygen atoms in total. The highest BCUT2D eigenvalue weighted by atomic mass is 15.2. The lowest BCUT2D eigenvalue weighted by Crippen LogP contribution is -2.30. The average Bonchev–Trinajstić information content (AvgIpc) is 3.93. The molecular weight excluding hydrogens is 977 g/mol. The first-order valence-corrected chi connectivity index (χ1v) is 29.0. The summed E-state index contributed by atoms with van der Waals surface area (Å²) in [7, 11) is 17.9. The molecule has 0 unspecified atom stereocenters. The van der Waals surface area contributed by atoms with Crippen molar-refractivity contribution in [2.24, 2.45) is 56.4 Å². The predicted molar refractivity (Wildman–Crippen MR) is 323 cm³/mol. The molecule has 392 valence electrons. The summed E-state index contributed by atoms with van der Waals surface area (Å²) in [5.74, 6) is 5.31. The summed E-state index contributed by atoms with van der Waals surface area (Å²) in [5.41, 5.74) is 42.3. The van der Waals surface area contributed by atoms with Crippen LogP contribution in [0.4, 0.5) is 0 Å². The van der Waals surface area contributed by atoms with Gasteiger partial charge in [-0.2, -0.15) is 0 Å². The molecule has 12 aromatic rings. The Kier molecular flexibility index (Phi) is 8.67. The van der Waals surface area contributed by atoms with Gasteiger partial charge in [0.15, 0.2) is 44.1 Å². The number of fused-ring (bicyclic) bond motifs is 16. The van der Waals surface area contributed by atoms with Gasteiger partial charge in [-0.25, -0.2) is 36.5 Å². The van der Waals surface area contributed by atoms with Gasteiger partial charge in [-0.15, -0.1) is 0 Å². The first kappa shape index (κ1) is 46.5. The highest BCUT2D eigenvalue weighted by molar-refractivity contribution is 6.06. The summed E-state index contributed by atoms with van der Waals surface area (Å²) in [6, 6.07) is 41.7. The molecule has 0 radical (unpaired) electrons. The SMILES string of the molecule is Cc1n(C)c2cc3c(cc2[n+]1C)-c1cc2c4cc1C(C)c1cc5c(cc1-3)-c1cc3c(cc1-c1cc6c(cc1C5C)C(C)c1cc(c(cc1-c1cc5c(cc1-6)n(C)c(C)[n+]5C)-c1cc5c(cc1-2)n(C)c(C)[n+]5C)C4C)[n+](C)c(C)n3C. The number of benzene rings is 8. The van der Waals surface area contributed by atoms with Crippen LogP contribution in [0.25, 0.3) is 133 Å². The zero-order valence-electron chi connectivity index (χ0n) is 49.1. The van der Waals surface area contributed by atoms with Gasteiger partial charge in [0.25, 0.3) is 23.3 Å². The minimum Gasteiger partial charge on any atom is -0.230 e. The Morgan fingerprint density at radius 1 is 0.237 bits per heavy atom. The number of imidazole rings is 4. The maximum atomic E-state index is 2.68. The third kappa shape index (κ3) is 5.35. The smallest absolute Gasteiger partial charge is 0.230 e. The van der Waals surface area contributed by atoms with Crippen LogP contribution >= 0.6 is 0 Å². The van der Waals surface area contributed by atoms with E-state index in [4.69, 9.17) is 0 Å². The topological polar surface area (TPSA) is 35.2 Å². The van der Waals surface area contributed by atoms with E-state index in [9.17, 15) is 0 Å². The maximum absolute atomic E-state index is 2.68. The van der Waals surface area contributed by atoms with Crippen molar-refractivity contribution in [3.63, 3.8) is 0 Å². The van der Waals surface area contributed by atoms with Crippen molar-refractivity contribution in [2.75, 3.05) is 0 Å². The van der Waals surface area contributed by atoms with E-state index in [1.807, 2.05) is 0 Å². The predicted octanol–water partition coefficient (Wildman–Crippen LogP) is 13.7. The van der Waals surface area contributed by atoms with E-state index in [1.54, 1.807) is 0 Å². The summed E-state index contributed by atoms with van der Waals surface area (Å²) in [6.07, 6.45) is 0. The summed E-state index contributed by atoms with van der Waals surface area (Å²) < 4.78 is 19.1. The van der Waals surface area contributed by atoms with Crippen LogP contribution in [0.3, 0.4) is 0 Å². The average molecular weight is 1050 g/mol. The minimum atomic E-state index is 0.0963. The number of rotatable bonds is 0. The summed E-state index contributed by atoms with van der Waals surface area (Å²) in [6.45, 7) is 19.0. The maximum Gasteiger partial charge on any atom is 0.253 e. The Morgan fingerprint density at radius 3 is 0.575 bits per heavy atom.